The van der Waals surface area contributed by atoms with Gasteiger partial charge in [0.05, 0.1) is 0 Å². The fourth-order valence-corrected chi connectivity index (χ4v) is 2.93. The zero-order valence-electron chi connectivity index (χ0n) is 10.2. The van der Waals surface area contributed by atoms with Gasteiger partial charge in [0, 0.05) is 19.1 Å². The van der Waals surface area contributed by atoms with Gasteiger partial charge in [-0.15, -0.1) is 0 Å². The summed E-state index contributed by atoms with van der Waals surface area (Å²) in [6.07, 6.45) is 3.39. The minimum absolute atomic E-state index is 0.137. The van der Waals surface area contributed by atoms with Crippen LogP contribution in [0.2, 0.25) is 0 Å². The van der Waals surface area contributed by atoms with Crippen molar-refractivity contribution in [2.45, 2.75) is 31.3 Å². The van der Waals surface area contributed by atoms with Crippen molar-refractivity contribution in [2.24, 2.45) is 0 Å². The number of hydrogen-bond acceptors (Lipinski definition) is 2. The van der Waals surface area contributed by atoms with Crippen LogP contribution in [0.3, 0.4) is 0 Å². The van der Waals surface area contributed by atoms with Gasteiger partial charge in [0.2, 0.25) is 5.91 Å². The van der Waals surface area contributed by atoms with E-state index in [0.29, 0.717) is 6.04 Å². The molecule has 3 nitrogen and oxygen atoms in total. The zero-order chi connectivity index (χ0) is 12.5. The Labute approximate surface area is 106 Å². The molecule has 0 radical (unpaired) electrons. The molecule has 2 aliphatic rings. The van der Waals surface area contributed by atoms with Crippen molar-refractivity contribution in [1.29, 1.82) is 0 Å². The van der Waals surface area contributed by atoms with Crippen LogP contribution in [0, 0.1) is 5.82 Å². The van der Waals surface area contributed by atoms with Crippen LogP contribution in [-0.2, 0) is 4.79 Å². The molecule has 2 atom stereocenters. The monoisotopic (exact) mass is 248 g/mol. The number of carbonyl (C=O) groups excluding carboxylic acids is 1. The van der Waals surface area contributed by atoms with Crippen LogP contribution < -0.4 is 5.32 Å². The molecule has 4 heteroatoms. The smallest absolute Gasteiger partial charge is 0.244 e. The molecular formula is C14H17FN2O. The van der Waals surface area contributed by atoms with E-state index in [2.05, 4.69) is 5.32 Å². The van der Waals surface area contributed by atoms with Crippen LogP contribution in [0.4, 0.5) is 4.39 Å². The lowest BCUT2D eigenvalue weighted by atomic mass is 9.95. The van der Waals surface area contributed by atoms with Gasteiger partial charge in [-0.1, -0.05) is 12.1 Å². The quantitative estimate of drug-likeness (QED) is 0.822. The molecule has 0 aliphatic carbocycles. The van der Waals surface area contributed by atoms with E-state index in [1.165, 1.54) is 18.6 Å². The van der Waals surface area contributed by atoms with E-state index in [1.807, 2.05) is 4.90 Å². The molecule has 0 spiro atoms. The molecule has 0 bridgehead atoms. The third-order valence-corrected chi connectivity index (χ3v) is 3.92. The van der Waals surface area contributed by atoms with Crippen LogP contribution in [0.15, 0.2) is 24.3 Å². The third-order valence-electron chi connectivity index (χ3n) is 3.92. The molecule has 0 aromatic heterocycles. The fraction of sp³-hybridized carbons (Fsp3) is 0.500. The largest absolute Gasteiger partial charge is 0.337 e. The Bertz CT molecular complexity index is 446. The average Bonchev–Trinajstić information content (AvgIpc) is 2.41. The second kappa shape index (κ2) is 4.69. The summed E-state index contributed by atoms with van der Waals surface area (Å²) in [5.74, 6) is -0.129. The SMILES string of the molecule is O=C1C(c2ccc(F)cc2)NCC2CCCCN12. The molecule has 2 fully saturated rings. The molecule has 18 heavy (non-hydrogen) atoms. The average molecular weight is 248 g/mol. The molecule has 96 valence electrons. The van der Waals surface area contributed by atoms with Gasteiger partial charge in [0.15, 0.2) is 0 Å². The molecule has 2 heterocycles. The highest BCUT2D eigenvalue weighted by Gasteiger charge is 2.36. The minimum atomic E-state index is -0.306. The predicted octanol–water partition coefficient (Wildman–Crippen LogP) is 1.85. The highest BCUT2D eigenvalue weighted by Crippen LogP contribution is 2.26. The van der Waals surface area contributed by atoms with Gasteiger partial charge >= 0.3 is 0 Å². The standard InChI is InChI=1S/C14H17FN2O/c15-11-6-4-10(5-7-11)13-14(18)17-8-2-1-3-12(17)9-16-13/h4-7,12-13,16H,1-3,8-9H2. The summed E-state index contributed by atoms with van der Waals surface area (Å²) in [7, 11) is 0. The summed E-state index contributed by atoms with van der Waals surface area (Å²) in [5, 5.41) is 3.29. The highest BCUT2D eigenvalue weighted by atomic mass is 19.1. The summed E-state index contributed by atoms with van der Waals surface area (Å²) in [6, 6.07) is 6.24. The van der Waals surface area contributed by atoms with E-state index in [4.69, 9.17) is 0 Å². The predicted molar refractivity (Wildman–Crippen MR) is 66.5 cm³/mol. The van der Waals surface area contributed by atoms with Gasteiger partial charge in [-0.25, -0.2) is 4.39 Å². The van der Waals surface area contributed by atoms with Gasteiger partial charge in [0.25, 0.3) is 0 Å². The van der Waals surface area contributed by atoms with Crippen molar-refractivity contribution in [3.05, 3.63) is 35.6 Å². The van der Waals surface area contributed by atoms with Gasteiger partial charge < -0.3 is 10.2 Å². The number of amides is 1. The molecular weight excluding hydrogens is 231 g/mol. The number of carbonyl (C=O) groups is 1. The fourth-order valence-electron chi connectivity index (χ4n) is 2.93. The Morgan fingerprint density at radius 3 is 2.78 bits per heavy atom. The van der Waals surface area contributed by atoms with Crippen molar-refractivity contribution in [3.8, 4) is 0 Å². The first-order chi connectivity index (χ1) is 8.75. The molecule has 1 N–H and O–H groups in total. The van der Waals surface area contributed by atoms with E-state index in [1.54, 1.807) is 12.1 Å². The number of halogens is 1. The third kappa shape index (κ3) is 2.01. The van der Waals surface area contributed by atoms with Gasteiger partial charge in [-0.3, -0.25) is 4.79 Å². The van der Waals surface area contributed by atoms with Crippen molar-refractivity contribution >= 4 is 5.91 Å². The Morgan fingerprint density at radius 2 is 2.00 bits per heavy atom. The first kappa shape index (κ1) is 11.7. The number of fused-ring (bicyclic) bond motifs is 1. The van der Waals surface area contributed by atoms with Crippen LogP contribution >= 0.6 is 0 Å². The van der Waals surface area contributed by atoms with Crippen LogP contribution in [0.1, 0.15) is 30.9 Å². The number of nitrogens with one attached hydrogen (secondary N) is 1. The number of benzene rings is 1. The van der Waals surface area contributed by atoms with E-state index >= 15 is 0 Å². The topological polar surface area (TPSA) is 32.3 Å². The molecule has 3 rings (SSSR count). The van der Waals surface area contributed by atoms with Crippen LogP contribution in [-0.4, -0.2) is 29.9 Å². The van der Waals surface area contributed by atoms with Gasteiger partial charge in [0.1, 0.15) is 11.9 Å². The molecule has 2 saturated heterocycles. The summed E-state index contributed by atoms with van der Waals surface area (Å²) >= 11 is 0. The Hall–Kier alpha value is -1.42. The lowest BCUT2D eigenvalue weighted by Gasteiger charge is -2.42. The lowest BCUT2D eigenvalue weighted by molar-refractivity contribution is -0.140. The van der Waals surface area contributed by atoms with Crippen molar-refractivity contribution in [3.63, 3.8) is 0 Å². The van der Waals surface area contributed by atoms with Gasteiger partial charge in [-0.05, 0) is 37.0 Å². The molecule has 0 saturated carbocycles. The number of rotatable bonds is 1. The first-order valence-electron chi connectivity index (χ1n) is 6.55. The number of piperazine rings is 1. The van der Waals surface area contributed by atoms with E-state index in [9.17, 15) is 9.18 Å². The van der Waals surface area contributed by atoms with Crippen molar-refractivity contribution in [1.82, 2.24) is 10.2 Å². The van der Waals surface area contributed by atoms with Crippen LogP contribution in [0.5, 0.6) is 0 Å². The Kier molecular flexibility index (Phi) is 3.04. The van der Waals surface area contributed by atoms with Crippen LogP contribution in [0.25, 0.3) is 0 Å². The van der Waals surface area contributed by atoms with E-state index in [-0.39, 0.29) is 17.8 Å². The number of nitrogens with zero attached hydrogens (tertiary/aromatic N) is 1. The normalized spacial score (nSPS) is 28.1. The molecule has 1 amide bonds. The first-order valence-corrected chi connectivity index (χ1v) is 6.55. The maximum absolute atomic E-state index is 12.9. The lowest BCUT2D eigenvalue weighted by Crippen LogP contribution is -2.57. The Balaban J connectivity index is 1.81. The van der Waals surface area contributed by atoms with Crippen molar-refractivity contribution < 1.29 is 9.18 Å². The summed E-state index contributed by atoms with van der Waals surface area (Å²) in [6.45, 7) is 1.71. The maximum atomic E-state index is 12.9. The van der Waals surface area contributed by atoms with E-state index in [0.717, 1.165) is 31.5 Å². The second-order valence-corrected chi connectivity index (χ2v) is 5.07. The molecule has 2 unspecified atom stereocenters. The maximum Gasteiger partial charge on any atom is 0.244 e. The molecule has 2 aliphatic heterocycles. The van der Waals surface area contributed by atoms with Crippen molar-refractivity contribution in [2.75, 3.05) is 13.1 Å². The Morgan fingerprint density at radius 1 is 1.22 bits per heavy atom. The minimum Gasteiger partial charge on any atom is -0.337 e. The number of hydrogen-bond donors (Lipinski definition) is 1. The number of piperidine rings is 1. The molecule has 1 aromatic rings. The summed E-state index contributed by atoms with van der Waals surface area (Å²) in [4.78, 5) is 14.4. The zero-order valence-corrected chi connectivity index (χ0v) is 10.2. The van der Waals surface area contributed by atoms with Gasteiger partial charge in [-0.2, -0.15) is 0 Å². The summed E-state index contributed by atoms with van der Waals surface area (Å²) < 4.78 is 12.9. The summed E-state index contributed by atoms with van der Waals surface area (Å²) in [5.41, 5.74) is 0.852. The van der Waals surface area contributed by atoms with E-state index < -0.39 is 0 Å². The highest BCUT2D eigenvalue weighted by molar-refractivity contribution is 5.84. The molecule has 1 aromatic carbocycles. The second-order valence-electron chi connectivity index (χ2n) is 5.07.